The van der Waals surface area contributed by atoms with E-state index in [1.165, 1.54) is 44.4 Å². The molecule has 0 saturated heterocycles. The second kappa shape index (κ2) is 9.79. The molecule has 0 aromatic heterocycles. The van der Waals surface area contributed by atoms with Crippen LogP contribution in [0.1, 0.15) is 27.4 Å². The number of nitrogens with two attached hydrogens (primary N) is 1. The highest BCUT2D eigenvalue weighted by atomic mass is 35.5. The minimum atomic E-state index is -1.69. The maximum atomic E-state index is 14.9. The third kappa shape index (κ3) is 4.21. The molecule has 194 valence electrons. The number of nitrogens with one attached hydrogen (secondary N) is 1. The number of anilines is 2. The van der Waals surface area contributed by atoms with Crippen LogP contribution in [0.2, 0.25) is 15.1 Å². The Labute approximate surface area is 236 Å². The molecule has 2 atom stereocenters. The van der Waals surface area contributed by atoms with Crippen LogP contribution < -0.4 is 16.0 Å². The molecule has 0 aliphatic heterocycles. The van der Waals surface area contributed by atoms with Crippen molar-refractivity contribution in [2.45, 2.75) is 15.7 Å². The third-order valence-electron chi connectivity index (χ3n) is 6.54. The molecule has 1 fully saturated rings. The smallest absolute Gasteiger partial charge is 0.259 e. The molecule has 4 rings (SSSR count). The molecule has 1 saturated carbocycles. The molecule has 2 unspecified atom stereocenters. The summed E-state index contributed by atoms with van der Waals surface area (Å²) in [5.74, 6) is -4.20. The van der Waals surface area contributed by atoms with E-state index in [0.29, 0.717) is 10.6 Å². The molecule has 5 nitrogen and oxygen atoms in total. The summed E-state index contributed by atoms with van der Waals surface area (Å²) >= 11 is 31.8. The maximum Gasteiger partial charge on any atom is 0.259 e. The first kappa shape index (κ1) is 27.7. The second-order valence-corrected chi connectivity index (χ2v) is 11.1. The van der Waals surface area contributed by atoms with Gasteiger partial charge in [-0.3, -0.25) is 9.59 Å². The van der Waals surface area contributed by atoms with Gasteiger partial charge in [-0.25, -0.2) is 8.78 Å². The van der Waals surface area contributed by atoms with Crippen molar-refractivity contribution in [3.05, 3.63) is 91.9 Å². The minimum absolute atomic E-state index is 0.0121. The van der Waals surface area contributed by atoms with Crippen molar-refractivity contribution in [2.24, 2.45) is 5.73 Å². The van der Waals surface area contributed by atoms with E-state index in [1.54, 1.807) is 6.07 Å². The van der Waals surface area contributed by atoms with Gasteiger partial charge in [0, 0.05) is 20.0 Å². The molecule has 0 bridgehead atoms. The van der Waals surface area contributed by atoms with E-state index in [4.69, 9.17) is 63.7 Å². The number of halogens is 7. The number of primary amides is 1. The van der Waals surface area contributed by atoms with Crippen molar-refractivity contribution in [2.75, 3.05) is 24.3 Å². The lowest BCUT2D eigenvalue weighted by molar-refractivity contribution is -0.120. The Morgan fingerprint density at radius 1 is 0.973 bits per heavy atom. The Hall–Kier alpha value is -2.29. The summed E-state index contributed by atoms with van der Waals surface area (Å²) < 4.78 is 27.1. The van der Waals surface area contributed by atoms with Crippen LogP contribution >= 0.6 is 58.0 Å². The van der Waals surface area contributed by atoms with E-state index in [2.05, 4.69) is 5.32 Å². The number of nitrogens with zero attached hydrogens (tertiary/aromatic N) is 1. The first-order chi connectivity index (χ1) is 17.3. The summed E-state index contributed by atoms with van der Waals surface area (Å²) in [6.07, 6.45) is 0. The molecular formula is C25H18Cl5F2N3O2. The van der Waals surface area contributed by atoms with Gasteiger partial charge in [-0.1, -0.05) is 70.1 Å². The molecule has 0 spiro atoms. The Bertz CT molecular complexity index is 1450. The van der Waals surface area contributed by atoms with Crippen LogP contribution in [-0.4, -0.2) is 30.2 Å². The Morgan fingerprint density at radius 2 is 1.62 bits per heavy atom. The zero-order valence-corrected chi connectivity index (χ0v) is 23.0. The van der Waals surface area contributed by atoms with Crippen LogP contribution in [-0.2, 0) is 10.2 Å². The molecule has 12 heteroatoms. The number of alkyl halides is 2. The van der Waals surface area contributed by atoms with Crippen LogP contribution in [0.15, 0.2) is 48.5 Å². The van der Waals surface area contributed by atoms with E-state index in [9.17, 15) is 18.4 Å². The average Bonchev–Trinajstić information content (AvgIpc) is 3.37. The van der Waals surface area contributed by atoms with E-state index in [-0.39, 0.29) is 26.9 Å². The molecule has 0 heterocycles. The third-order valence-corrected chi connectivity index (χ3v) is 8.64. The average molecular weight is 608 g/mol. The minimum Gasteiger partial charge on any atom is -0.383 e. The Balaban J connectivity index is 1.80. The number of benzene rings is 3. The topological polar surface area (TPSA) is 75.4 Å². The van der Waals surface area contributed by atoms with Crippen molar-refractivity contribution in [3.63, 3.8) is 0 Å². The summed E-state index contributed by atoms with van der Waals surface area (Å²) in [5, 5.41) is 2.96. The number of hydrogen-bond acceptors (Lipinski definition) is 3. The van der Waals surface area contributed by atoms with Crippen molar-refractivity contribution < 1.29 is 18.4 Å². The van der Waals surface area contributed by atoms with Gasteiger partial charge in [0.1, 0.15) is 21.3 Å². The first-order valence-corrected chi connectivity index (χ1v) is 12.6. The van der Waals surface area contributed by atoms with Crippen LogP contribution in [0.5, 0.6) is 0 Å². The number of rotatable bonds is 6. The lowest BCUT2D eigenvalue weighted by Crippen LogP contribution is -2.34. The molecule has 3 N–H and O–H groups in total. The predicted octanol–water partition coefficient (Wildman–Crippen LogP) is 6.94. The highest BCUT2D eigenvalue weighted by Crippen LogP contribution is 2.74. The Kier molecular flexibility index (Phi) is 7.34. The first-order valence-electron chi connectivity index (χ1n) is 10.7. The van der Waals surface area contributed by atoms with Crippen molar-refractivity contribution in [1.82, 2.24) is 0 Å². The number of carbonyl (C=O) groups excluding carboxylic acids is 2. The van der Waals surface area contributed by atoms with Crippen LogP contribution in [0.4, 0.5) is 20.2 Å². The fourth-order valence-corrected chi connectivity index (χ4v) is 6.22. The van der Waals surface area contributed by atoms with Crippen LogP contribution in [0.25, 0.3) is 0 Å². The van der Waals surface area contributed by atoms with Gasteiger partial charge in [0.25, 0.3) is 5.91 Å². The van der Waals surface area contributed by atoms with Gasteiger partial charge in [0.2, 0.25) is 5.91 Å². The highest BCUT2D eigenvalue weighted by Gasteiger charge is 2.80. The fourth-order valence-electron chi connectivity index (χ4n) is 4.62. The van der Waals surface area contributed by atoms with Gasteiger partial charge in [-0.15, -0.1) is 0 Å². The normalized spacial score (nSPS) is 19.9. The SMILES string of the molecule is CNc1c(F)ccc(N(C)C(=O)c2cc(C3(C(N)=O)C(c4ccc(Cl)c(Cl)c4)C3(Cl)Cl)ccc2Cl)c1F. The molecule has 0 radical (unpaired) electrons. The maximum absolute atomic E-state index is 14.9. The van der Waals surface area contributed by atoms with Crippen LogP contribution in [0.3, 0.4) is 0 Å². The zero-order valence-electron chi connectivity index (χ0n) is 19.2. The van der Waals surface area contributed by atoms with Crippen LogP contribution in [0, 0.1) is 11.6 Å². The van der Waals surface area contributed by atoms with Gasteiger partial charge >= 0.3 is 0 Å². The molecule has 1 aliphatic carbocycles. The quantitative estimate of drug-likeness (QED) is 0.298. The van der Waals surface area contributed by atoms with Gasteiger partial charge in [0.05, 0.1) is 26.3 Å². The second-order valence-electron chi connectivity index (χ2n) is 8.47. The van der Waals surface area contributed by atoms with E-state index < -0.39 is 44.8 Å². The van der Waals surface area contributed by atoms with Gasteiger partial charge in [0.15, 0.2) is 5.82 Å². The standard InChI is InChI=1S/C25H18Cl5F2N3O2/c1-34-20-17(31)7-8-18(19(20)32)35(2)22(36)13-10-12(4-6-14(13)26)24(23(33)37)21(25(24,29)30)11-3-5-15(27)16(28)9-11/h3-10,21,34H,1-2H3,(H2,33,37). The number of hydrogen-bond donors (Lipinski definition) is 2. The van der Waals surface area contributed by atoms with Crippen molar-refractivity contribution in [1.29, 1.82) is 0 Å². The van der Waals surface area contributed by atoms with E-state index in [0.717, 1.165) is 17.0 Å². The molecular weight excluding hydrogens is 590 g/mol. The largest absolute Gasteiger partial charge is 0.383 e. The summed E-state index contributed by atoms with van der Waals surface area (Å²) in [7, 11) is 2.65. The molecule has 2 amide bonds. The monoisotopic (exact) mass is 605 g/mol. The fraction of sp³-hybridized carbons (Fsp3) is 0.200. The Morgan fingerprint density at radius 3 is 2.22 bits per heavy atom. The van der Waals surface area contributed by atoms with Gasteiger partial charge in [-0.2, -0.15) is 0 Å². The lowest BCUT2D eigenvalue weighted by Gasteiger charge is -2.22. The molecule has 37 heavy (non-hydrogen) atoms. The van der Waals surface area contributed by atoms with E-state index in [1.807, 2.05) is 0 Å². The molecule has 1 aliphatic rings. The number of carbonyl (C=O) groups is 2. The highest BCUT2D eigenvalue weighted by molar-refractivity contribution is 6.55. The number of amides is 2. The lowest BCUT2D eigenvalue weighted by atomic mass is 9.88. The zero-order chi connectivity index (χ0) is 27.4. The summed E-state index contributed by atoms with van der Waals surface area (Å²) in [6, 6.07) is 11.0. The summed E-state index contributed by atoms with van der Waals surface area (Å²) in [5.41, 5.74) is 4.22. The van der Waals surface area contributed by atoms with E-state index >= 15 is 0 Å². The van der Waals surface area contributed by atoms with Gasteiger partial charge in [-0.05, 0) is 47.5 Å². The summed E-state index contributed by atoms with van der Waals surface area (Å²) in [4.78, 5) is 27.3. The molecule has 3 aromatic rings. The predicted molar refractivity (Wildman–Crippen MR) is 145 cm³/mol. The van der Waals surface area contributed by atoms with Crippen molar-refractivity contribution >= 4 is 81.2 Å². The summed E-state index contributed by atoms with van der Waals surface area (Å²) in [6.45, 7) is 0. The van der Waals surface area contributed by atoms with Crippen molar-refractivity contribution in [3.8, 4) is 0 Å². The molecule has 3 aromatic carbocycles. The van der Waals surface area contributed by atoms with Gasteiger partial charge < -0.3 is 16.0 Å².